The Morgan fingerprint density at radius 2 is 1.82 bits per heavy atom. The summed E-state index contributed by atoms with van der Waals surface area (Å²) in [5.41, 5.74) is 18.4. The van der Waals surface area contributed by atoms with Gasteiger partial charge in [0.25, 0.3) is 0 Å². The Labute approximate surface area is 233 Å². The van der Waals surface area contributed by atoms with Gasteiger partial charge in [0, 0.05) is 35.7 Å². The lowest BCUT2D eigenvalue weighted by molar-refractivity contribution is 0.0246. The summed E-state index contributed by atoms with van der Waals surface area (Å²) in [7, 11) is 0. The van der Waals surface area contributed by atoms with E-state index in [9.17, 15) is 0 Å². The molecule has 38 heavy (non-hydrogen) atoms. The lowest BCUT2D eigenvalue weighted by Gasteiger charge is -2.31. The Hall–Kier alpha value is -2.92. The standard InChI is InChI=1S/C26H25Cl2N7O2S/c27-18-2-1-3-19(28)22(18)23-17(24(37-34-23)14-4-5-14)13-36-16-8-10-35(11-9-16)26-31-20-7-6-15(12-21(20)38-26)25(32-29)33-30/h1-3,6-7,12,14,16,25,29-30H,4-5,8-11,13H2. The largest absolute Gasteiger partial charge is 0.373 e. The van der Waals surface area contributed by atoms with Gasteiger partial charge >= 0.3 is 0 Å². The maximum Gasteiger partial charge on any atom is 0.205 e. The molecule has 2 fully saturated rings. The van der Waals surface area contributed by atoms with Crippen molar-refractivity contribution in [1.29, 1.82) is 11.1 Å². The zero-order valence-electron chi connectivity index (χ0n) is 20.4. The zero-order valence-corrected chi connectivity index (χ0v) is 22.7. The molecule has 1 saturated carbocycles. The molecule has 196 valence electrons. The van der Waals surface area contributed by atoms with Crippen molar-refractivity contribution in [3.63, 3.8) is 0 Å². The van der Waals surface area contributed by atoms with Gasteiger partial charge in [-0.1, -0.05) is 51.8 Å². The van der Waals surface area contributed by atoms with Crippen LogP contribution in [0.1, 0.15) is 54.7 Å². The summed E-state index contributed by atoms with van der Waals surface area (Å²) < 4.78 is 13.2. The summed E-state index contributed by atoms with van der Waals surface area (Å²) in [6.45, 7) is 2.09. The van der Waals surface area contributed by atoms with Crippen molar-refractivity contribution in [3.05, 3.63) is 63.3 Å². The van der Waals surface area contributed by atoms with Crippen molar-refractivity contribution in [1.82, 2.24) is 10.1 Å². The fourth-order valence-corrected chi connectivity index (χ4v) is 6.51. The molecule has 3 heterocycles. The van der Waals surface area contributed by atoms with E-state index in [-0.39, 0.29) is 6.10 Å². The molecule has 4 aromatic rings. The minimum Gasteiger partial charge on any atom is -0.373 e. The molecule has 12 heteroatoms. The molecular weight excluding hydrogens is 545 g/mol. The Kier molecular flexibility index (Phi) is 7.13. The van der Waals surface area contributed by atoms with Gasteiger partial charge in [-0.05, 0) is 49.9 Å². The number of hydrogen-bond donors (Lipinski definition) is 2. The van der Waals surface area contributed by atoms with E-state index in [2.05, 4.69) is 20.3 Å². The Morgan fingerprint density at radius 1 is 1.08 bits per heavy atom. The van der Waals surface area contributed by atoms with Gasteiger partial charge in [0.2, 0.25) is 6.17 Å². The van der Waals surface area contributed by atoms with E-state index in [1.54, 1.807) is 11.3 Å². The van der Waals surface area contributed by atoms with E-state index in [1.165, 1.54) is 0 Å². The molecule has 2 aliphatic rings. The van der Waals surface area contributed by atoms with E-state index in [0.717, 1.165) is 71.0 Å². The number of fused-ring (bicyclic) bond motifs is 1. The van der Waals surface area contributed by atoms with Crippen molar-refractivity contribution >= 4 is 49.9 Å². The fraction of sp³-hybridized carbons (Fsp3) is 0.385. The van der Waals surface area contributed by atoms with Crippen LogP contribution in [-0.4, -0.2) is 29.3 Å². The van der Waals surface area contributed by atoms with Crippen molar-refractivity contribution in [2.45, 2.75) is 50.5 Å². The summed E-state index contributed by atoms with van der Waals surface area (Å²) in [5, 5.41) is 13.2. The second kappa shape index (κ2) is 10.7. The van der Waals surface area contributed by atoms with Crippen LogP contribution < -0.4 is 4.90 Å². The van der Waals surface area contributed by atoms with Gasteiger partial charge in [0.1, 0.15) is 11.5 Å². The first-order valence-corrected chi connectivity index (χ1v) is 14.1. The predicted octanol–water partition coefficient (Wildman–Crippen LogP) is 8.38. The SMILES string of the molecule is N=NC(N=N)c1ccc2nc(N3CCC(OCc4c(-c5c(Cl)cccc5Cl)noc4C4CC4)CC3)sc2c1. The Balaban J connectivity index is 1.13. The lowest BCUT2D eigenvalue weighted by atomic mass is 10.0. The summed E-state index contributed by atoms with van der Waals surface area (Å²) in [5.74, 6) is 1.28. The van der Waals surface area contributed by atoms with Gasteiger partial charge in [0.05, 0.1) is 33.0 Å². The van der Waals surface area contributed by atoms with Gasteiger partial charge in [-0.2, -0.15) is 10.2 Å². The number of rotatable bonds is 9. The minimum absolute atomic E-state index is 0.113. The first-order chi connectivity index (χ1) is 18.6. The second-order valence-electron chi connectivity index (χ2n) is 9.60. The molecule has 1 aliphatic heterocycles. The number of anilines is 1. The van der Waals surface area contributed by atoms with Crippen LogP contribution in [0.15, 0.2) is 51.1 Å². The smallest absolute Gasteiger partial charge is 0.205 e. The molecule has 6 rings (SSSR count). The molecule has 0 spiro atoms. The van der Waals surface area contributed by atoms with Gasteiger partial charge < -0.3 is 14.2 Å². The highest BCUT2D eigenvalue weighted by Gasteiger charge is 2.34. The zero-order chi connectivity index (χ0) is 26.2. The first-order valence-electron chi connectivity index (χ1n) is 12.5. The number of ether oxygens (including phenoxy) is 1. The average Bonchev–Trinajstić information content (AvgIpc) is 3.55. The van der Waals surface area contributed by atoms with E-state index in [4.69, 9.17) is 48.5 Å². The average molecular weight is 571 g/mol. The van der Waals surface area contributed by atoms with E-state index < -0.39 is 6.17 Å². The quantitative estimate of drug-likeness (QED) is 0.196. The molecule has 2 aromatic heterocycles. The molecule has 1 saturated heterocycles. The van der Waals surface area contributed by atoms with Crippen LogP contribution in [0.4, 0.5) is 5.13 Å². The number of nitrogens with one attached hydrogen (secondary N) is 2. The number of thiazole rings is 1. The molecule has 0 bridgehead atoms. The van der Waals surface area contributed by atoms with E-state index in [0.29, 0.717) is 33.8 Å². The van der Waals surface area contributed by atoms with Crippen molar-refractivity contribution in [2.24, 2.45) is 10.2 Å². The summed E-state index contributed by atoms with van der Waals surface area (Å²) in [6.07, 6.45) is 3.27. The molecule has 0 unspecified atom stereocenters. The summed E-state index contributed by atoms with van der Waals surface area (Å²) in [4.78, 5) is 7.09. The highest BCUT2D eigenvalue weighted by atomic mass is 35.5. The third-order valence-corrected chi connectivity index (χ3v) is 8.79. The Morgan fingerprint density at radius 3 is 2.50 bits per heavy atom. The van der Waals surface area contributed by atoms with Gasteiger partial charge in [-0.15, -0.1) is 0 Å². The van der Waals surface area contributed by atoms with Crippen molar-refractivity contribution in [3.8, 4) is 11.3 Å². The van der Waals surface area contributed by atoms with Gasteiger partial charge in [0.15, 0.2) is 5.13 Å². The van der Waals surface area contributed by atoms with Crippen LogP contribution in [0.25, 0.3) is 21.5 Å². The highest BCUT2D eigenvalue weighted by molar-refractivity contribution is 7.22. The molecule has 0 radical (unpaired) electrons. The molecule has 0 amide bonds. The monoisotopic (exact) mass is 569 g/mol. The third kappa shape index (κ3) is 4.93. The molecule has 9 nitrogen and oxygen atoms in total. The number of halogens is 2. The van der Waals surface area contributed by atoms with Crippen molar-refractivity contribution < 1.29 is 9.26 Å². The fourth-order valence-electron chi connectivity index (χ4n) is 4.87. The number of aromatic nitrogens is 2. The number of benzene rings is 2. The lowest BCUT2D eigenvalue weighted by Crippen LogP contribution is -2.36. The van der Waals surface area contributed by atoms with Crippen LogP contribution in [0, 0.1) is 11.1 Å². The predicted molar refractivity (Wildman–Crippen MR) is 147 cm³/mol. The second-order valence-corrected chi connectivity index (χ2v) is 11.4. The molecular formula is C26H25Cl2N7O2S. The minimum atomic E-state index is -0.793. The van der Waals surface area contributed by atoms with Crippen LogP contribution in [0.5, 0.6) is 0 Å². The summed E-state index contributed by atoms with van der Waals surface area (Å²) >= 11 is 14.6. The molecule has 0 atom stereocenters. The topological polar surface area (TPSA) is 124 Å². The van der Waals surface area contributed by atoms with Gasteiger partial charge in [-0.3, -0.25) is 0 Å². The maximum absolute atomic E-state index is 7.24. The molecule has 2 aromatic carbocycles. The van der Waals surface area contributed by atoms with E-state index in [1.807, 2.05) is 36.4 Å². The van der Waals surface area contributed by atoms with Crippen LogP contribution in [0.2, 0.25) is 10.0 Å². The van der Waals surface area contributed by atoms with Crippen molar-refractivity contribution in [2.75, 3.05) is 18.0 Å². The summed E-state index contributed by atoms with van der Waals surface area (Å²) in [6, 6.07) is 11.1. The van der Waals surface area contributed by atoms with Crippen LogP contribution in [-0.2, 0) is 11.3 Å². The molecule has 2 N–H and O–H groups in total. The molecule has 1 aliphatic carbocycles. The van der Waals surface area contributed by atoms with E-state index >= 15 is 0 Å². The first kappa shape index (κ1) is 25.4. The van der Waals surface area contributed by atoms with Crippen LogP contribution in [0.3, 0.4) is 0 Å². The van der Waals surface area contributed by atoms with Crippen LogP contribution >= 0.6 is 34.5 Å². The number of piperidine rings is 1. The van der Waals surface area contributed by atoms with Gasteiger partial charge in [-0.25, -0.2) is 16.0 Å². The third-order valence-electron chi connectivity index (χ3n) is 7.09. The number of nitrogens with zero attached hydrogens (tertiary/aromatic N) is 5. The highest BCUT2D eigenvalue weighted by Crippen LogP contribution is 2.46. The normalized spacial score (nSPS) is 17.2. The number of hydrogen-bond acceptors (Lipinski definition) is 10. The maximum atomic E-state index is 7.24. The Bertz CT molecular complexity index is 1470.